The monoisotopic (exact) mass is 453 g/mol. The molecule has 1 saturated heterocycles. The van der Waals surface area contributed by atoms with Crippen molar-refractivity contribution in [3.63, 3.8) is 0 Å². The highest BCUT2D eigenvalue weighted by Crippen LogP contribution is 2.34. The van der Waals surface area contributed by atoms with Crippen LogP contribution in [0.5, 0.6) is 5.75 Å². The van der Waals surface area contributed by atoms with Crippen LogP contribution in [-0.2, 0) is 22.6 Å². The fourth-order valence-corrected chi connectivity index (χ4v) is 3.93. The summed E-state index contributed by atoms with van der Waals surface area (Å²) in [5, 5.41) is 9.67. The summed E-state index contributed by atoms with van der Waals surface area (Å²) < 4.78 is 33.7. The average Bonchev–Trinajstić information content (AvgIpc) is 2.85. The van der Waals surface area contributed by atoms with Crippen LogP contribution in [0.1, 0.15) is 42.2 Å². The van der Waals surface area contributed by atoms with Gasteiger partial charge in [0.25, 0.3) is 0 Å². The SMILES string of the molecule is O=c1ccn(CCO)c(C(OC2CCCCO2)c2ccc(F)cc2)c1OCc1ccccc1. The molecule has 6 nitrogen and oxygen atoms in total. The number of ether oxygens (including phenoxy) is 3. The molecule has 2 unspecified atom stereocenters. The van der Waals surface area contributed by atoms with Crippen LogP contribution in [-0.4, -0.2) is 29.2 Å². The lowest BCUT2D eigenvalue weighted by atomic mass is 10.0. The number of rotatable bonds is 9. The van der Waals surface area contributed by atoms with E-state index >= 15 is 0 Å². The van der Waals surface area contributed by atoms with E-state index in [0.29, 0.717) is 17.9 Å². The first kappa shape index (κ1) is 23.2. The number of hydrogen-bond donors (Lipinski definition) is 1. The lowest BCUT2D eigenvalue weighted by Gasteiger charge is -2.30. The third-order valence-corrected chi connectivity index (χ3v) is 5.59. The molecular weight excluding hydrogens is 425 g/mol. The highest BCUT2D eigenvalue weighted by atomic mass is 19.1. The van der Waals surface area contributed by atoms with Gasteiger partial charge in [0.05, 0.1) is 12.3 Å². The van der Waals surface area contributed by atoms with E-state index in [1.54, 1.807) is 22.9 Å². The van der Waals surface area contributed by atoms with Crippen LogP contribution in [0.4, 0.5) is 4.39 Å². The van der Waals surface area contributed by atoms with Gasteiger partial charge >= 0.3 is 0 Å². The third-order valence-electron chi connectivity index (χ3n) is 5.59. The molecule has 4 rings (SSSR count). The maximum absolute atomic E-state index is 13.7. The van der Waals surface area contributed by atoms with E-state index in [4.69, 9.17) is 14.2 Å². The Balaban J connectivity index is 1.77. The van der Waals surface area contributed by atoms with Crippen LogP contribution >= 0.6 is 0 Å². The topological polar surface area (TPSA) is 69.9 Å². The van der Waals surface area contributed by atoms with Crippen molar-refractivity contribution >= 4 is 0 Å². The lowest BCUT2D eigenvalue weighted by Crippen LogP contribution is -2.28. The molecule has 2 aromatic carbocycles. The Morgan fingerprint density at radius 1 is 1.09 bits per heavy atom. The van der Waals surface area contributed by atoms with E-state index in [1.807, 2.05) is 30.3 Å². The molecule has 3 aromatic rings. The summed E-state index contributed by atoms with van der Waals surface area (Å²) in [6.07, 6.45) is 3.05. The third kappa shape index (κ3) is 5.87. The van der Waals surface area contributed by atoms with Crippen molar-refractivity contribution in [3.05, 3.63) is 99.7 Å². The zero-order valence-corrected chi connectivity index (χ0v) is 18.4. The van der Waals surface area contributed by atoms with Gasteiger partial charge in [0.2, 0.25) is 5.43 Å². The summed E-state index contributed by atoms with van der Waals surface area (Å²) in [6, 6.07) is 16.9. The van der Waals surface area contributed by atoms with E-state index in [-0.39, 0.29) is 36.8 Å². The maximum atomic E-state index is 13.7. The van der Waals surface area contributed by atoms with Crippen LogP contribution in [0.25, 0.3) is 0 Å². The highest BCUT2D eigenvalue weighted by molar-refractivity contribution is 5.37. The molecule has 0 bridgehead atoms. The van der Waals surface area contributed by atoms with E-state index in [1.165, 1.54) is 18.2 Å². The average molecular weight is 454 g/mol. The van der Waals surface area contributed by atoms with Gasteiger partial charge in [-0.2, -0.15) is 0 Å². The Morgan fingerprint density at radius 3 is 2.58 bits per heavy atom. The minimum atomic E-state index is -0.750. The van der Waals surface area contributed by atoms with Crippen molar-refractivity contribution < 1.29 is 23.7 Å². The van der Waals surface area contributed by atoms with E-state index in [9.17, 15) is 14.3 Å². The van der Waals surface area contributed by atoms with Gasteiger partial charge in [-0.3, -0.25) is 4.79 Å². The Morgan fingerprint density at radius 2 is 1.88 bits per heavy atom. The molecule has 1 aliphatic heterocycles. The fourth-order valence-electron chi connectivity index (χ4n) is 3.93. The van der Waals surface area contributed by atoms with Gasteiger partial charge in [-0.1, -0.05) is 42.5 Å². The molecule has 33 heavy (non-hydrogen) atoms. The van der Waals surface area contributed by atoms with Gasteiger partial charge in [-0.15, -0.1) is 0 Å². The molecule has 1 aromatic heterocycles. The minimum absolute atomic E-state index is 0.135. The molecule has 0 spiro atoms. The molecule has 2 heterocycles. The zero-order valence-electron chi connectivity index (χ0n) is 18.4. The van der Waals surface area contributed by atoms with Crippen molar-refractivity contribution in [2.75, 3.05) is 13.2 Å². The number of aliphatic hydroxyl groups excluding tert-OH is 1. The molecule has 1 fully saturated rings. The largest absolute Gasteiger partial charge is 0.483 e. The van der Waals surface area contributed by atoms with Crippen LogP contribution in [0.2, 0.25) is 0 Å². The van der Waals surface area contributed by atoms with Crippen LogP contribution in [0.3, 0.4) is 0 Å². The summed E-state index contributed by atoms with van der Waals surface area (Å²) in [5.41, 5.74) is 1.74. The van der Waals surface area contributed by atoms with Crippen molar-refractivity contribution in [3.8, 4) is 5.75 Å². The minimum Gasteiger partial charge on any atom is -0.483 e. The van der Waals surface area contributed by atoms with Crippen molar-refractivity contribution in [2.24, 2.45) is 0 Å². The standard InChI is InChI=1S/C26H28FNO5/c27-21-11-9-20(10-12-21)25(33-23-8-4-5-17-31-23)24-26(22(30)13-14-28(24)15-16-29)32-18-19-6-2-1-3-7-19/h1-3,6-7,9-14,23,25,29H,4-5,8,15-18H2. The number of pyridine rings is 1. The molecule has 7 heteroatoms. The molecule has 0 radical (unpaired) electrons. The predicted molar refractivity (Wildman–Crippen MR) is 121 cm³/mol. The Bertz CT molecular complexity index is 1080. The summed E-state index contributed by atoms with van der Waals surface area (Å²) in [4.78, 5) is 13.0. The quantitative estimate of drug-likeness (QED) is 0.526. The zero-order chi connectivity index (χ0) is 23.0. The van der Waals surface area contributed by atoms with Gasteiger partial charge in [0.1, 0.15) is 18.5 Å². The molecule has 2 atom stereocenters. The normalized spacial score (nSPS) is 17.0. The molecule has 1 aliphatic rings. The summed E-state index contributed by atoms with van der Waals surface area (Å²) >= 11 is 0. The number of benzene rings is 2. The molecule has 0 saturated carbocycles. The number of aliphatic hydroxyl groups is 1. The van der Waals surface area contributed by atoms with Gasteiger partial charge in [-0.05, 0) is 42.5 Å². The van der Waals surface area contributed by atoms with E-state index in [2.05, 4.69) is 0 Å². The summed E-state index contributed by atoms with van der Waals surface area (Å²) in [7, 11) is 0. The van der Waals surface area contributed by atoms with Gasteiger partial charge in [0.15, 0.2) is 12.0 Å². The highest BCUT2D eigenvalue weighted by Gasteiger charge is 2.29. The van der Waals surface area contributed by atoms with Gasteiger partial charge in [0, 0.05) is 25.4 Å². The Hall–Kier alpha value is -3.00. The maximum Gasteiger partial charge on any atom is 0.223 e. The first-order chi connectivity index (χ1) is 16.2. The summed E-state index contributed by atoms with van der Waals surface area (Å²) in [5.74, 6) is -0.229. The molecule has 0 amide bonds. The van der Waals surface area contributed by atoms with Gasteiger partial charge < -0.3 is 23.9 Å². The molecule has 0 aliphatic carbocycles. The summed E-state index contributed by atoms with van der Waals surface area (Å²) in [6.45, 7) is 0.895. The Labute approximate surface area is 192 Å². The smallest absolute Gasteiger partial charge is 0.223 e. The van der Waals surface area contributed by atoms with E-state index in [0.717, 1.165) is 24.8 Å². The van der Waals surface area contributed by atoms with Crippen molar-refractivity contribution in [1.82, 2.24) is 4.57 Å². The van der Waals surface area contributed by atoms with Crippen molar-refractivity contribution in [2.45, 2.75) is 44.8 Å². The molecule has 174 valence electrons. The Kier molecular flexibility index (Phi) is 7.88. The lowest BCUT2D eigenvalue weighted by molar-refractivity contribution is -0.183. The fraction of sp³-hybridized carbons (Fsp3) is 0.346. The first-order valence-corrected chi connectivity index (χ1v) is 11.2. The molecule has 1 N–H and O–H groups in total. The number of halogens is 1. The van der Waals surface area contributed by atoms with Crippen LogP contribution < -0.4 is 10.2 Å². The van der Waals surface area contributed by atoms with Crippen LogP contribution in [0.15, 0.2) is 71.7 Å². The predicted octanol–water partition coefficient (Wildman–Crippen LogP) is 4.19. The number of hydrogen-bond acceptors (Lipinski definition) is 5. The number of nitrogens with zero attached hydrogens (tertiary/aromatic N) is 1. The van der Waals surface area contributed by atoms with Gasteiger partial charge in [-0.25, -0.2) is 4.39 Å². The van der Waals surface area contributed by atoms with Crippen LogP contribution in [0, 0.1) is 5.82 Å². The number of aromatic nitrogens is 1. The van der Waals surface area contributed by atoms with E-state index < -0.39 is 12.4 Å². The van der Waals surface area contributed by atoms with Crippen molar-refractivity contribution in [1.29, 1.82) is 0 Å². The second-order valence-electron chi connectivity index (χ2n) is 7.95. The molecular formula is C26H28FNO5. The second kappa shape index (κ2) is 11.2. The first-order valence-electron chi connectivity index (χ1n) is 11.2. The second-order valence-corrected chi connectivity index (χ2v) is 7.95.